The summed E-state index contributed by atoms with van der Waals surface area (Å²) in [6.07, 6.45) is 9.47. The second-order valence-corrected chi connectivity index (χ2v) is 5.18. The molecule has 2 heteroatoms. The lowest BCUT2D eigenvalue weighted by Gasteiger charge is -2.35. The molecular weight excluding hydrogens is 188 g/mol. The molecule has 0 saturated heterocycles. The van der Waals surface area contributed by atoms with Crippen molar-refractivity contribution >= 4 is 5.78 Å². The van der Waals surface area contributed by atoms with Crippen molar-refractivity contribution in [2.45, 2.75) is 57.5 Å². The molecule has 15 heavy (non-hydrogen) atoms. The number of hydrogen-bond donors (Lipinski definition) is 0. The van der Waals surface area contributed by atoms with Crippen LogP contribution in [0.4, 0.5) is 0 Å². The van der Waals surface area contributed by atoms with Gasteiger partial charge in [-0.05, 0) is 37.5 Å². The Bertz CT molecular complexity index is 225. The van der Waals surface area contributed by atoms with Gasteiger partial charge in [-0.1, -0.05) is 12.8 Å². The van der Waals surface area contributed by atoms with Gasteiger partial charge in [-0.25, -0.2) is 0 Å². The Morgan fingerprint density at radius 3 is 2.73 bits per heavy atom. The minimum absolute atomic E-state index is 0.450. The Morgan fingerprint density at radius 1 is 1.13 bits per heavy atom. The van der Waals surface area contributed by atoms with Gasteiger partial charge >= 0.3 is 0 Å². The molecule has 2 rings (SSSR count). The normalized spacial score (nSPS) is 37.9. The molecule has 2 nitrogen and oxygen atoms in total. The number of rotatable bonds is 1. The minimum atomic E-state index is 0.450. The van der Waals surface area contributed by atoms with Crippen LogP contribution in [0.25, 0.3) is 0 Å². The smallest absolute Gasteiger partial charge is 0.133 e. The maximum Gasteiger partial charge on any atom is 0.133 e. The maximum atomic E-state index is 11.4. The first-order valence-corrected chi connectivity index (χ1v) is 6.34. The topological polar surface area (TPSA) is 26.3 Å². The van der Waals surface area contributed by atoms with E-state index in [1.807, 2.05) is 7.11 Å². The fourth-order valence-corrected chi connectivity index (χ4v) is 3.24. The molecule has 0 aromatic heterocycles. The van der Waals surface area contributed by atoms with E-state index in [9.17, 15) is 4.79 Å². The quantitative estimate of drug-likeness (QED) is 0.665. The van der Waals surface area contributed by atoms with Crippen LogP contribution < -0.4 is 0 Å². The molecule has 3 atom stereocenters. The molecule has 0 aromatic carbocycles. The molecule has 2 aliphatic rings. The van der Waals surface area contributed by atoms with E-state index in [2.05, 4.69) is 0 Å². The number of carbonyl (C=O) groups is 1. The monoisotopic (exact) mass is 210 g/mol. The molecular formula is C13H22O2. The number of ketones is 1. The predicted octanol–water partition coefficient (Wildman–Crippen LogP) is 2.95. The van der Waals surface area contributed by atoms with Gasteiger partial charge in [0, 0.05) is 20.0 Å². The van der Waals surface area contributed by atoms with Gasteiger partial charge in [-0.3, -0.25) is 4.79 Å². The summed E-state index contributed by atoms with van der Waals surface area (Å²) in [6.45, 7) is 0. The summed E-state index contributed by atoms with van der Waals surface area (Å²) in [5, 5.41) is 0. The highest BCUT2D eigenvalue weighted by Gasteiger charge is 2.31. The van der Waals surface area contributed by atoms with E-state index < -0.39 is 0 Å². The first-order valence-electron chi connectivity index (χ1n) is 6.34. The van der Waals surface area contributed by atoms with Gasteiger partial charge in [0.25, 0.3) is 0 Å². The van der Waals surface area contributed by atoms with Crippen molar-refractivity contribution in [2.24, 2.45) is 11.8 Å². The Morgan fingerprint density at radius 2 is 1.93 bits per heavy atom. The molecule has 0 aliphatic heterocycles. The highest BCUT2D eigenvalue weighted by molar-refractivity contribution is 5.79. The second kappa shape index (κ2) is 5.11. The van der Waals surface area contributed by atoms with Gasteiger partial charge in [-0.2, -0.15) is 0 Å². The molecule has 0 N–H and O–H groups in total. The van der Waals surface area contributed by atoms with Gasteiger partial charge < -0.3 is 4.74 Å². The largest absolute Gasteiger partial charge is 0.381 e. The molecule has 0 radical (unpaired) electrons. The van der Waals surface area contributed by atoms with E-state index in [0.29, 0.717) is 17.8 Å². The van der Waals surface area contributed by atoms with Crippen molar-refractivity contribution in [3.05, 3.63) is 0 Å². The summed E-state index contributed by atoms with van der Waals surface area (Å²) in [7, 11) is 1.83. The Hall–Kier alpha value is -0.370. The van der Waals surface area contributed by atoms with Crippen molar-refractivity contribution in [3.63, 3.8) is 0 Å². The van der Waals surface area contributed by atoms with Gasteiger partial charge in [0.2, 0.25) is 0 Å². The van der Waals surface area contributed by atoms with Crippen LogP contribution in [0, 0.1) is 11.8 Å². The van der Waals surface area contributed by atoms with Crippen LogP contribution in [0.2, 0.25) is 0 Å². The van der Waals surface area contributed by atoms with Crippen LogP contribution in [0.5, 0.6) is 0 Å². The van der Waals surface area contributed by atoms with Crippen molar-refractivity contribution in [2.75, 3.05) is 7.11 Å². The molecule has 2 aliphatic carbocycles. The Kier molecular flexibility index (Phi) is 3.79. The van der Waals surface area contributed by atoms with Crippen LogP contribution in [0.1, 0.15) is 51.4 Å². The lowest BCUT2D eigenvalue weighted by atomic mass is 9.72. The number of fused-ring (bicyclic) bond motifs is 1. The molecule has 0 aromatic rings. The zero-order chi connectivity index (χ0) is 10.7. The number of methoxy groups -OCH3 is 1. The number of Topliss-reactive ketones (excluding diaryl/α,β-unsaturated/α-hetero) is 1. The molecule has 86 valence electrons. The highest BCUT2D eigenvalue weighted by atomic mass is 16.5. The summed E-state index contributed by atoms with van der Waals surface area (Å²) in [6, 6.07) is 0. The average Bonchev–Trinajstić information content (AvgIpc) is 2.21. The van der Waals surface area contributed by atoms with E-state index in [1.165, 1.54) is 32.1 Å². The third-order valence-corrected chi connectivity index (χ3v) is 4.20. The average molecular weight is 210 g/mol. The van der Waals surface area contributed by atoms with Crippen molar-refractivity contribution < 1.29 is 9.53 Å². The number of carbonyl (C=O) groups excluding carboxylic acids is 1. The van der Waals surface area contributed by atoms with Crippen LogP contribution in [0.3, 0.4) is 0 Å². The van der Waals surface area contributed by atoms with E-state index in [-0.39, 0.29) is 0 Å². The number of hydrogen-bond acceptors (Lipinski definition) is 2. The van der Waals surface area contributed by atoms with E-state index >= 15 is 0 Å². The number of ether oxygens (including phenoxy) is 1. The molecule has 0 spiro atoms. The Balaban J connectivity index is 1.98. The highest BCUT2D eigenvalue weighted by Crippen LogP contribution is 2.37. The summed E-state index contributed by atoms with van der Waals surface area (Å²) in [5.41, 5.74) is 0. The van der Waals surface area contributed by atoms with Crippen molar-refractivity contribution in [1.29, 1.82) is 0 Å². The first-order chi connectivity index (χ1) is 7.29. The zero-order valence-corrected chi connectivity index (χ0v) is 9.71. The van der Waals surface area contributed by atoms with Crippen molar-refractivity contribution in [3.8, 4) is 0 Å². The van der Waals surface area contributed by atoms with E-state index in [4.69, 9.17) is 4.74 Å². The fourth-order valence-electron chi connectivity index (χ4n) is 3.24. The van der Waals surface area contributed by atoms with Gasteiger partial charge in [0.15, 0.2) is 0 Å². The third-order valence-electron chi connectivity index (χ3n) is 4.20. The fraction of sp³-hybridized carbons (Fsp3) is 0.923. The van der Waals surface area contributed by atoms with E-state index in [1.54, 1.807) is 0 Å². The SMILES string of the molecule is CO[C@H]1CCCCC2CC(=O)CC[C@@H]2C1. The zero-order valence-electron chi connectivity index (χ0n) is 9.71. The third kappa shape index (κ3) is 2.81. The first kappa shape index (κ1) is 11.1. The summed E-state index contributed by atoms with van der Waals surface area (Å²) in [5.74, 6) is 1.92. The van der Waals surface area contributed by atoms with Gasteiger partial charge in [0.05, 0.1) is 6.10 Å². The molecule has 2 saturated carbocycles. The van der Waals surface area contributed by atoms with Crippen LogP contribution in [-0.2, 0) is 9.53 Å². The Labute approximate surface area is 92.4 Å². The molecule has 0 bridgehead atoms. The lowest BCUT2D eigenvalue weighted by Crippen LogP contribution is -2.30. The second-order valence-electron chi connectivity index (χ2n) is 5.18. The van der Waals surface area contributed by atoms with Gasteiger partial charge in [-0.15, -0.1) is 0 Å². The predicted molar refractivity (Wildman–Crippen MR) is 59.7 cm³/mol. The molecule has 2 fully saturated rings. The lowest BCUT2D eigenvalue weighted by molar-refractivity contribution is -0.123. The summed E-state index contributed by atoms with van der Waals surface area (Å²) in [4.78, 5) is 11.4. The molecule has 0 heterocycles. The van der Waals surface area contributed by atoms with Crippen LogP contribution >= 0.6 is 0 Å². The summed E-state index contributed by atoms with van der Waals surface area (Å²) < 4.78 is 5.52. The van der Waals surface area contributed by atoms with Crippen LogP contribution in [-0.4, -0.2) is 19.0 Å². The van der Waals surface area contributed by atoms with Crippen LogP contribution in [0.15, 0.2) is 0 Å². The maximum absolute atomic E-state index is 11.4. The van der Waals surface area contributed by atoms with Crippen molar-refractivity contribution in [1.82, 2.24) is 0 Å². The molecule has 0 amide bonds. The standard InChI is InChI=1S/C13H22O2/c1-15-13-5-3-2-4-10-8-12(14)7-6-11(10)9-13/h10-11,13H,2-9H2,1H3/t10?,11-,13+/m1/s1. The minimum Gasteiger partial charge on any atom is -0.381 e. The van der Waals surface area contributed by atoms with Gasteiger partial charge in [0.1, 0.15) is 5.78 Å². The van der Waals surface area contributed by atoms with E-state index in [0.717, 1.165) is 25.2 Å². The summed E-state index contributed by atoms with van der Waals surface area (Å²) >= 11 is 0. The molecule has 1 unspecified atom stereocenters.